The minimum Gasteiger partial charge on any atom is -0.378 e. The summed E-state index contributed by atoms with van der Waals surface area (Å²) in [5.41, 5.74) is 0.0803. The fourth-order valence-corrected chi connectivity index (χ4v) is 4.12. The van der Waals surface area contributed by atoms with Gasteiger partial charge in [-0.25, -0.2) is 0 Å². The minimum absolute atomic E-state index is 0.468. The zero-order valence-electron chi connectivity index (χ0n) is 12.5. The summed E-state index contributed by atoms with van der Waals surface area (Å²) in [5.74, 6) is 6.08. The Morgan fingerprint density at radius 1 is 1.28 bits per heavy atom. The average Bonchev–Trinajstić information content (AvgIpc) is 2.32. The maximum Gasteiger partial charge on any atom is 0.120 e. The Kier molecular flexibility index (Phi) is 3.28. The quantitative estimate of drug-likeness (QED) is 0.722. The zero-order chi connectivity index (χ0) is 13.6. The van der Waals surface area contributed by atoms with Crippen LogP contribution in [-0.4, -0.2) is 34.7 Å². The summed E-state index contributed by atoms with van der Waals surface area (Å²) in [7, 11) is 0. The van der Waals surface area contributed by atoms with Crippen molar-refractivity contribution in [2.75, 3.05) is 13.1 Å². The Balaban J connectivity index is 2.03. The van der Waals surface area contributed by atoms with Gasteiger partial charge in [0, 0.05) is 12.6 Å². The van der Waals surface area contributed by atoms with Crippen LogP contribution in [0.1, 0.15) is 53.9 Å². The lowest BCUT2D eigenvalue weighted by Gasteiger charge is -2.39. The van der Waals surface area contributed by atoms with Crippen molar-refractivity contribution < 1.29 is 5.11 Å². The number of aliphatic hydroxyl groups is 1. The van der Waals surface area contributed by atoms with Gasteiger partial charge in [-0.3, -0.25) is 4.90 Å². The number of nitrogens with zero attached hydrogens (tertiary/aromatic N) is 1. The molecule has 1 N–H and O–H groups in total. The normalized spacial score (nSPS) is 35.1. The molecule has 18 heavy (non-hydrogen) atoms. The highest BCUT2D eigenvalue weighted by Crippen LogP contribution is 2.52. The van der Waals surface area contributed by atoms with Crippen molar-refractivity contribution >= 4 is 0 Å². The summed E-state index contributed by atoms with van der Waals surface area (Å²) in [6.45, 7) is 12.7. The summed E-state index contributed by atoms with van der Waals surface area (Å²) in [6.07, 6.45) is 3.93. The van der Waals surface area contributed by atoms with Gasteiger partial charge in [-0.1, -0.05) is 32.6 Å². The van der Waals surface area contributed by atoms with Crippen LogP contribution >= 0.6 is 0 Å². The molecular weight excluding hydrogens is 222 g/mol. The van der Waals surface area contributed by atoms with E-state index in [1.807, 2.05) is 0 Å². The van der Waals surface area contributed by atoms with Crippen LogP contribution in [0, 0.1) is 22.7 Å². The molecule has 1 saturated heterocycles. The Morgan fingerprint density at radius 2 is 1.94 bits per heavy atom. The number of likely N-dealkylation sites (tertiary alicyclic amines) is 1. The summed E-state index contributed by atoms with van der Waals surface area (Å²) in [4.78, 5) is 2.52. The van der Waals surface area contributed by atoms with E-state index < -0.39 is 5.60 Å². The minimum atomic E-state index is -0.863. The first kappa shape index (κ1) is 13.9. The van der Waals surface area contributed by atoms with Crippen molar-refractivity contribution in [3.8, 4) is 11.8 Å². The third-order valence-corrected chi connectivity index (χ3v) is 4.20. The first-order valence-corrected chi connectivity index (χ1v) is 7.05. The second-order valence-electron chi connectivity index (χ2n) is 7.98. The second kappa shape index (κ2) is 4.25. The largest absolute Gasteiger partial charge is 0.378 e. The molecule has 2 rings (SSSR count). The fraction of sp³-hybridized carbons (Fsp3) is 0.875. The van der Waals surface area contributed by atoms with Gasteiger partial charge in [0.15, 0.2) is 0 Å². The van der Waals surface area contributed by atoms with Crippen molar-refractivity contribution in [3.63, 3.8) is 0 Å². The monoisotopic (exact) mass is 249 g/mol. The lowest BCUT2D eigenvalue weighted by molar-refractivity contribution is 0.129. The van der Waals surface area contributed by atoms with E-state index in [0.29, 0.717) is 16.9 Å². The maximum absolute atomic E-state index is 9.62. The van der Waals surface area contributed by atoms with E-state index in [1.165, 1.54) is 25.8 Å². The molecule has 0 radical (unpaired) electrons. The van der Waals surface area contributed by atoms with Crippen LogP contribution in [0.4, 0.5) is 0 Å². The molecule has 1 heterocycles. The Hall–Kier alpha value is -0.520. The van der Waals surface area contributed by atoms with Crippen molar-refractivity contribution in [1.82, 2.24) is 4.90 Å². The number of hydrogen-bond donors (Lipinski definition) is 1. The van der Waals surface area contributed by atoms with Crippen LogP contribution < -0.4 is 0 Å². The third-order valence-electron chi connectivity index (χ3n) is 4.20. The van der Waals surface area contributed by atoms with Crippen molar-refractivity contribution in [1.29, 1.82) is 0 Å². The molecule has 2 nitrogen and oxygen atoms in total. The molecule has 0 aromatic rings. The molecule has 0 aromatic carbocycles. The Labute approximate surface area is 112 Å². The first-order valence-electron chi connectivity index (χ1n) is 7.05. The van der Waals surface area contributed by atoms with Crippen molar-refractivity contribution in [3.05, 3.63) is 0 Å². The van der Waals surface area contributed by atoms with Crippen molar-refractivity contribution in [2.24, 2.45) is 10.8 Å². The Morgan fingerprint density at radius 3 is 2.56 bits per heavy atom. The summed E-state index contributed by atoms with van der Waals surface area (Å²) in [5, 5.41) is 9.62. The molecule has 1 saturated carbocycles. The lowest BCUT2D eigenvalue weighted by atomic mass is 9.65. The van der Waals surface area contributed by atoms with Crippen LogP contribution in [-0.2, 0) is 0 Å². The summed E-state index contributed by atoms with van der Waals surface area (Å²) < 4.78 is 0. The number of hydrogen-bond acceptors (Lipinski definition) is 2. The highest BCUT2D eigenvalue weighted by molar-refractivity contribution is 5.13. The van der Waals surface area contributed by atoms with Gasteiger partial charge in [-0.2, -0.15) is 0 Å². The highest BCUT2D eigenvalue weighted by Gasteiger charge is 2.49. The molecule has 2 heteroatoms. The van der Waals surface area contributed by atoms with Crippen LogP contribution in [0.25, 0.3) is 0 Å². The van der Waals surface area contributed by atoms with E-state index in [2.05, 4.69) is 37.5 Å². The van der Waals surface area contributed by atoms with E-state index >= 15 is 0 Å². The maximum atomic E-state index is 9.62. The molecule has 2 bridgehead atoms. The van der Waals surface area contributed by atoms with Crippen LogP contribution in [0.3, 0.4) is 0 Å². The van der Waals surface area contributed by atoms with E-state index in [4.69, 9.17) is 0 Å². The lowest BCUT2D eigenvalue weighted by Crippen LogP contribution is -2.34. The SMILES string of the molecule is CC(C)(O)C#CCN1CC2(C)CC1CC(C)(C)C2. The molecule has 0 aromatic heterocycles. The van der Waals surface area contributed by atoms with Gasteiger partial charge >= 0.3 is 0 Å². The standard InChI is InChI=1S/C16H27NO/c1-14(2)9-13-10-16(5,11-14)12-17(13)8-6-7-15(3,4)18/h13,18H,8-12H2,1-5H3. The van der Waals surface area contributed by atoms with Gasteiger partial charge in [-0.15, -0.1) is 0 Å². The van der Waals surface area contributed by atoms with E-state index in [0.717, 1.165) is 6.54 Å². The zero-order valence-corrected chi connectivity index (χ0v) is 12.5. The van der Waals surface area contributed by atoms with E-state index in [-0.39, 0.29) is 0 Å². The first-order chi connectivity index (χ1) is 8.09. The molecular formula is C16H27NO. The molecule has 0 amide bonds. The molecule has 2 atom stereocenters. The van der Waals surface area contributed by atoms with Gasteiger partial charge in [0.05, 0.1) is 6.54 Å². The highest BCUT2D eigenvalue weighted by atomic mass is 16.3. The predicted molar refractivity (Wildman–Crippen MR) is 75.2 cm³/mol. The van der Waals surface area contributed by atoms with Gasteiger partial charge in [-0.05, 0) is 43.9 Å². The molecule has 2 fully saturated rings. The smallest absolute Gasteiger partial charge is 0.120 e. The topological polar surface area (TPSA) is 23.5 Å². The number of rotatable bonds is 1. The van der Waals surface area contributed by atoms with Gasteiger partial charge < -0.3 is 5.11 Å². The van der Waals surface area contributed by atoms with Crippen LogP contribution in [0.15, 0.2) is 0 Å². The molecule has 2 aliphatic rings. The fourth-order valence-electron chi connectivity index (χ4n) is 4.12. The summed E-state index contributed by atoms with van der Waals surface area (Å²) in [6, 6.07) is 0.690. The predicted octanol–water partition coefficient (Wildman–Crippen LogP) is 2.66. The van der Waals surface area contributed by atoms with Gasteiger partial charge in [0.2, 0.25) is 0 Å². The van der Waals surface area contributed by atoms with E-state index in [1.54, 1.807) is 13.8 Å². The van der Waals surface area contributed by atoms with E-state index in [9.17, 15) is 5.11 Å². The van der Waals surface area contributed by atoms with Crippen LogP contribution in [0.2, 0.25) is 0 Å². The molecule has 0 spiro atoms. The molecule has 1 aliphatic heterocycles. The molecule has 1 aliphatic carbocycles. The Bertz CT molecular complexity index is 382. The molecule has 102 valence electrons. The average molecular weight is 249 g/mol. The van der Waals surface area contributed by atoms with Crippen molar-refractivity contribution in [2.45, 2.75) is 65.5 Å². The second-order valence-corrected chi connectivity index (χ2v) is 7.98. The molecule has 2 unspecified atom stereocenters. The van der Waals surface area contributed by atoms with Gasteiger partial charge in [0.1, 0.15) is 5.60 Å². The summed E-state index contributed by atoms with van der Waals surface area (Å²) >= 11 is 0. The third kappa shape index (κ3) is 3.28. The van der Waals surface area contributed by atoms with Gasteiger partial charge in [0.25, 0.3) is 0 Å². The number of fused-ring (bicyclic) bond motifs is 2. The van der Waals surface area contributed by atoms with Crippen LogP contribution in [0.5, 0.6) is 0 Å².